The fourth-order valence-electron chi connectivity index (χ4n) is 1.86. The smallest absolute Gasteiger partial charge is 0.330 e. The Kier molecular flexibility index (Phi) is 8.63. The fourth-order valence-corrected chi connectivity index (χ4v) is 2.35. The predicted molar refractivity (Wildman–Crippen MR) is 105 cm³/mol. The maximum atomic E-state index is 11.5. The van der Waals surface area contributed by atoms with Crippen molar-refractivity contribution in [3.63, 3.8) is 0 Å². The number of hydrogen-bond donors (Lipinski definition) is 1. The summed E-state index contributed by atoms with van der Waals surface area (Å²) < 4.78 is 6.11. The van der Waals surface area contributed by atoms with E-state index in [1.165, 1.54) is 6.08 Å². The number of rotatable bonds is 7. The molecule has 23 heavy (non-hydrogen) atoms. The molecule has 1 rings (SSSR count). The van der Waals surface area contributed by atoms with E-state index in [4.69, 9.17) is 4.74 Å². The van der Waals surface area contributed by atoms with E-state index >= 15 is 0 Å². The molecule has 0 atom stereocenters. The van der Waals surface area contributed by atoms with Crippen molar-refractivity contribution in [3.8, 4) is 0 Å². The normalized spacial score (nSPS) is 11.3. The second-order valence-corrected chi connectivity index (χ2v) is 8.80. The Bertz CT molecular complexity index is 571. The summed E-state index contributed by atoms with van der Waals surface area (Å²) in [6.07, 6.45) is 7.13. The topological polar surface area (TPSA) is 38.3 Å². The standard InChI is InChI=1S/C18H23Br2NO2/c1-18(2,3)23-17(22)11-5-4-8-12-21-15-10-7-6-9-14(15)13-16(19)20/h5-7,9-11,13,21H,4,8,12H2,1-3H3/b11-5+. The Hall–Kier alpha value is -1.07. The van der Waals surface area contributed by atoms with Crippen LogP contribution in [-0.4, -0.2) is 18.1 Å². The summed E-state index contributed by atoms with van der Waals surface area (Å²) in [4.78, 5) is 11.5. The number of benzene rings is 1. The monoisotopic (exact) mass is 443 g/mol. The summed E-state index contributed by atoms with van der Waals surface area (Å²) in [5.41, 5.74) is 1.75. The molecule has 1 N–H and O–H groups in total. The third kappa shape index (κ3) is 9.61. The van der Waals surface area contributed by atoms with Crippen molar-refractivity contribution in [1.29, 1.82) is 0 Å². The molecule has 126 valence electrons. The lowest BCUT2D eigenvalue weighted by molar-refractivity contribution is -0.148. The van der Waals surface area contributed by atoms with Gasteiger partial charge in [0.05, 0.1) is 3.39 Å². The maximum absolute atomic E-state index is 11.5. The molecule has 0 fully saturated rings. The Labute approximate surface area is 155 Å². The third-order valence-corrected chi connectivity index (χ3v) is 3.21. The summed E-state index contributed by atoms with van der Waals surface area (Å²) >= 11 is 6.76. The van der Waals surface area contributed by atoms with Crippen molar-refractivity contribution in [2.24, 2.45) is 0 Å². The molecule has 0 heterocycles. The van der Waals surface area contributed by atoms with E-state index in [2.05, 4.69) is 37.2 Å². The Morgan fingerprint density at radius 1 is 1.26 bits per heavy atom. The van der Waals surface area contributed by atoms with Crippen LogP contribution in [0.15, 0.2) is 39.8 Å². The SMILES string of the molecule is CC(C)(C)OC(=O)/C=C/CCCNc1ccccc1C=C(Br)Br. The number of hydrogen-bond acceptors (Lipinski definition) is 3. The van der Waals surface area contributed by atoms with Gasteiger partial charge in [-0.3, -0.25) is 0 Å². The molecule has 0 unspecified atom stereocenters. The first-order valence-electron chi connectivity index (χ1n) is 7.53. The summed E-state index contributed by atoms with van der Waals surface area (Å²) in [6.45, 7) is 6.42. The lowest BCUT2D eigenvalue weighted by atomic mass is 10.1. The Balaban J connectivity index is 2.36. The van der Waals surface area contributed by atoms with Crippen molar-refractivity contribution in [3.05, 3.63) is 45.4 Å². The molecule has 0 amide bonds. The average Bonchev–Trinajstić information content (AvgIpc) is 2.41. The Morgan fingerprint density at radius 3 is 2.61 bits per heavy atom. The van der Waals surface area contributed by atoms with Crippen molar-refractivity contribution in [2.75, 3.05) is 11.9 Å². The van der Waals surface area contributed by atoms with Crippen molar-refractivity contribution in [2.45, 2.75) is 39.2 Å². The van der Waals surface area contributed by atoms with Crippen LogP contribution in [-0.2, 0) is 9.53 Å². The average molecular weight is 445 g/mol. The van der Waals surface area contributed by atoms with Gasteiger partial charge in [-0.2, -0.15) is 0 Å². The van der Waals surface area contributed by atoms with Gasteiger partial charge in [-0.25, -0.2) is 4.79 Å². The molecule has 0 spiro atoms. The highest BCUT2D eigenvalue weighted by atomic mass is 79.9. The molecule has 5 heteroatoms. The first kappa shape index (κ1) is 20.0. The molecule has 0 saturated heterocycles. The van der Waals surface area contributed by atoms with E-state index in [0.717, 1.165) is 34.0 Å². The Morgan fingerprint density at radius 2 is 1.96 bits per heavy atom. The molecule has 0 radical (unpaired) electrons. The molecule has 0 aliphatic heterocycles. The number of anilines is 1. The van der Waals surface area contributed by atoms with Gasteiger partial charge in [0.25, 0.3) is 0 Å². The van der Waals surface area contributed by atoms with Crippen LogP contribution in [0.5, 0.6) is 0 Å². The summed E-state index contributed by atoms with van der Waals surface area (Å²) in [6, 6.07) is 8.10. The first-order valence-corrected chi connectivity index (χ1v) is 9.11. The van der Waals surface area contributed by atoms with E-state index in [1.807, 2.05) is 57.2 Å². The number of esters is 1. The number of carbonyl (C=O) groups excluding carboxylic acids is 1. The van der Waals surface area contributed by atoms with Crippen LogP contribution in [0.25, 0.3) is 6.08 Å². The summed E-state index contributed by atoms with van der Waals surface area (Å²) in [5.74, 6) is -0.289. The van der Waals surface area contributed by atoms with Crippen LogP contribution in [0.1, 0.15) is 39.2 Å². The number of ether oxygens (including phenoxy) is 1. The van der Waals surface area contributed by atoms with Gasteiger partial charge in [-0.05, 0) is 83.2 Å². The zero-order valence-electron chi connectivity index (χ0n) is 13.7. The molecule has 0 saturated carbocycles. The second-order valence-electron chi connectivity index (χ2n) is 6.03. The number of nitrogens with one attached hydrogen (secondary N) is 1. The molecule has 1 aromatic rings. The third-order valence-electron chi connectivity index (χ3n) is 2.75. The number of para-hydroxylation sites is 1. The summed E-state index contributed by atoms with van der Waals surface area (Å²) in [7, 11) is 0. The fraction of sp³-hybridized carbons (Fsp3) is 0.389. The van der Waals surface area contributed by atoms with Crippen LogP contribution in [0.3, 0.4) is 0 Å². The van der Waals surface area contributed by atoms with Crippen molar-refractivity contribution in [1.82, 2.24) is 0 Å². The first-order chi connectivity index (χ1) is 10.8. The maximum Gasteiger partial charge on any atom is 0.330 e. The van der Waals surface area contributed by atoms with E-state index in [0.29, 0.717) is 0 Å². The van der Waals surface area contributed by atoms with Gasteiger partial charge in [0.15, 0.2) is 0 Å². The zero-order valence-corrected chi connectivity index (χ0v) is 16.9. The van der Waals surface area contributed by atoms with Crippen LogP contribution >= 0.6 is 31.9 Å². The van der Waals surface area contributed by atoms with Gasteiger partial charge >= 0.3 is 5.97 Å². The van der Waals surface area contributed by atoms with Gasteiger partial charge in [0.2, 0.25) is 0 Å². The predicted octanol–water partition coefficient (Wildman–Crippen LogP) is 5.86. The zero-order chi connectivity index (χ0) is 17.3. The highest BCUT2D eigenvalue weighted by Crippen LogP contribution is 2.23. The van der Waals surface area contributed by atoms with Crippen molar-refractivity contribution < 1.29 is 9.53 Å². The van der Waals surface area contributed by atoms with Gasteiger partial charge in [-0.15, -0.1) is 0 Å². The molecule has 3 nitrogen and oxygen atoms in total. The molecule has 0 aromatic heterocycles. The number of halogens is 2. The van der Waals surface area contributed by atoms with E-state index in [1.54, 1.807) is 0 Å². The quantitative estimate of drug-likeness (QED) is 0.325. The van der Waals surface area contributed by atoms with Gasteiger partial charge in [-0.1, -0.05) is 24.3 Å². The van der Waals surface area contributed by atoms with E-state index in [9.17, 15) is 4.79 Å². The van der Waals surface area contributed by atoms with Crippen LogP contribution < -0.4 is 5.32 Å². The summed E-state index contributed by atoms with van der Waals surface area (Å²) in [5, 5.41) is 3.41. The molecular formula is C18H23Br2NO2. The largest absolute Gasteiger partial charge is 0.457 e. The number of unbranched alkanes of at least 4 members (excludes halogenated alkanes) is 1. The minimum absolute atomic E-state index is 0.289. The number of allylic oxidation sites excluding steroid dienone is 1. The molecule has 0 aliphatic carbocycles. The van der Waals surface area contributed by atoms with Gasteiger partial charge in [0, 0.05) is 18.3 Å². The lowest BCUT2D eigenvalue weighted by Crippen LogP contribution is -2.22. The van der Waals surface area contributed by atoms with Crippen LogP contribution in [0.2, 0.25) is 0 Å². The molecule has 0 aliphatic rings. The van der Waals surface area contributed by atoms with Crippen molar-refractivity contribution >= 4 is 49.6 Å². The van der Waals surface area contributed by atoms with Crippen LogP contribution in [0, 0.1) is 0 Å². The molecule has 1 aromatic carbocycles. The van der Waals surface area contributed by atoms with E-state index in [-0.39, 0.29) is 5.97 Å². The second kappa shape index (κ2) is 9.93. The minimum Gasteiger partial charge on any atom is -0.457 e. The molecule has 0 bridgehead atoms. The van der Waals surface area contributed by atoms with Gasteiger partial charge in [0.1, 0.15) is 5.60 Å². The number of carbonyl (C=O) groups is 1. The lowest BCUT2D eigenvalue weighted by Gasteiger charge is -2.17. The van der Waals surface area contributed by atoms with Crippen LogP contribution in [0.4, 0.5) is 5.69 Å². The highest BCUT2D eigenvalue weighted by Gasteiger charge is 2.13. The highest BCUT2D eigenvalue weighted by molar-refractivity contribution is 9.28. The van der Waals surface area contributed by atoms with Gasteiger partial charge < -0.3 is 10.1 Å². The van der Waals surface area contributed by atoms with E-state index < -0.39 is 5.60 Å². The minimum atomic E-state index is -0.441. The molecular weight excluding hydrogens is 422 g/mol.